The van der Waals surface area contributed by atoms with Crippen molar-refractivity contribution in [1.29, 1.82) is 0 Å². The molecular formula is C23H25FN2O2. The highest BCUT2D eigenvalue weighted by Crippen LogP contribution is 2.44. The first-order chi connectivity index (χ1) is 13.4. The molecule has 2 aromatic carbocycles. The van der Waals surface area contributed by atoms with Crippen molar-refractivity contribution in [3.05, 3.63) is 76.4 Å². The summed E-state index contributed by atoms with van der Waals surface area (Å²) in [5.41, 5.74) is 4.01. The summed E-state index contributed by atoms with van der Waals surface area (Å²) in [6.07, 6.45) is 1.64. The van der Waals surface area contributed by atoms with Crippen LogP contribution in [0.2, 0.25) is 0 Å². The number of anilines is 1. The minimum atomic E-state index is -0.591. The van der Waals surface area contributed by atoms with E-state index in [2.05, 4.69) is 24.1 Å². The van der Waals surface area contributed by atoms with Gasteiger partial charge in [0, 0.05) is 24.2 Å². The lowest BCUT2D eigenvalue weighted by atomic mass is 9.91. The van der Waals surface area contributed by atoms with Crippen molar-refractivity contribution in [2.45, 2.75) is 39.2 Å². The molecule has 0 saturated carbocycles. The second-order valence-corrected chi connectivity index (χ2v) is 7.67. The SMILES string of the molecule is CCC(C)=C(Nc1ccc(F)cc1C)N1CCC2(C1)OC(=O)c1ccccc12. The molecule has 1 spiro atoms. The fraction of sp³-hybridized carbons (Fsp3) is 0.348. The monoisotopic (exact) mass is 380 g/mol. The van der Waals surface area contributed by atoms with Gasteiger partial charge in [0.15, 0.2) is 5.60 Å². The summed E-state index contributed by atoms with van der Waals surface area (Å²) in [7, 11) is 0. The van der Waals surface area contributed by atoms with E-state index in [1.54, 1.807) is 6.07 Å². The number of carbonyl (C=O) groups excluding carboxylic acids is 1. The van der Waals surface area contributed by atoms with E-state index in [4.69, 9.17) is 4.74 Å². The van der Waals surface area contributed by atoms with Crippen LogP contribution in [0.5, 0.6) is 0 Å². The molecule has 0 radical (unpaired) electrons. The number of rotatable bonds is 4. The molecule has 1 atom stereocenters. The maximum atomic E-state index is 13.5. The van der Waals surface area contributed by atoms with E-state index < -0.39 is 5.60 Å². The Labute approximate surface area is 165 Å². The number of halogens is 1. The van der Waals surface area contributed by atoms with Crippen molar-refractivity contribution < 1.29 is 13.9 Å². The summed E-state index contributed by atoms with van der Waals surface area (Å²) in [5, 5.41) is 3.51. The van der Waals surface area contributed by atoms with E-state index in [0.717, 1.165) is 42.0 Å². The standard InChI is InChI=1S/C23H25FN2O2/c1-4-15(2)21(25-20-10-9-17(24)13-16(20)3)26-12-11-23(14-26)19-8-6-5-7-18(19)22(27)28-23/h5-10,13,25H,4,11-12,14H2,1-3H3. The van der Waals surface area contributed by atoms with Crippen molar-refractivity contribution >= 4 is 11.7 Å². The van der Waals surface area contributed by atoms with Crippen LogP contribution in [0.3, 0.4) is 0 Å². The number of nitrogens with one attached hydrogen (secondary N) is 1. The Morgan fingerprint density at radius 3 is 2.82 bits per heavy atom. The molecule has 28 heavy (non-hydrogen) atoms. The molecule has 2 aliphatic heterocycles. The molecule has 2 aromatic rings. The topological polar surface area (TPSA) is 41.6 Å². The number of nitrogens with zero attached hydrogens (tertiary/aromatic N) is 1. The van der Waals surface area contributed by atoms with Gasteiger partial charge in [-0.2, -0.15) is 0 Å². The lowest BCUT2D eigenvalue weighted by Crippen LogP contribution is -2.33. The van der Waals surface area contributed by atoms with E-state index in [1.807, 2.05) is 31.2 Å². The largest absolute Gasteiger partial charge is 0.449 e. The minimum Gasteiger partial charge on any atom is -0.449 e. The molecule has 4 nitrogen and oxygen atoms in total. The summed E-state index contributed by atoms with van der Waals surface area (Å²) in [6, 6.07) is 12.4. The van der Waals surface area contributed by atoms with E-state index in [-0.39, 0.29) is 11.8 Å². The average molecular weight is 380 g/mol. The van der Waals surface area contributed by atoms with Gasteiger partial charge in [-0.05, 0) is 55.7 Å². The number of aryl methyl sites for hydroxylation is 1. The number of likely N-dealkylation sites (tertiary alicyclic amines) is 1. The van der Waals surface area contributed by atoms with Crippen LogP contribution in [-0.4, -0.2) is 24.0 Å². The summed E-state index contributed by atoms with van der Waals surface area (Å²) < 4.78 is 19.4. The van der Waals surface area contributed by atoms with E-state index >= 15 is 0 Å². The highest BCUT2D eigenvalue weighted by atomic mass is 19.1. The van der Waals surface area contributed by atoms with E-state index in [1.165, 1.54) is 17.7 Å². The van der Waals surface area contributed by atoms with Crippen molar-refractivity contribution in [3.8, 4) is 0 Å². The maximum absolute atomic E-state index is 13.5. The number of esters is 1. The van der Waals surface area contributed by atoms with Gasteiger partial charge < -0.3 is 15.0 Å². The van der Waals surface area contributed by atoms with Gasteiger partial charge in [0.1, 0.15) is 11.6 Å². The quantitative estimate of drug-likeness (QED) is 0.762. The molecule has 1 N–H and O–H groups in total. The Morgan fingerprint density at radius 2 is 2.07 bits per heavy atom. The number of benzene rings is 2. The summed E-state index contributed by atoms with van der Waals surface area (Å²) in [6.45, 7) is 7.49. The Kier molecular flexibility index (Phi) is 4.61. The Balaban J connectivity index is 1.64. The van der Waals surface area contributed by atoms with Crippen LogP contribution in [0.1, 0.15) is 48.2 Å². The highest BCUT2D eigenvalue weighted by molar-refractivity contribution is 5.94. The molecule has 2 heterocycles. The number of carbonyl (C=O) groups is 1. The van der Waals surface area contributed by atoms with Crippen LogP contribution in [-0.2, 0) is 10.3 Å². The third kappa shape index (κ3) is 3.05. The zero-order chi connectivity index (χ0) is 19.9. The van der Waals surface area contributed by atoms with Crippen molar-refractivity contribution in [3.63, 3.8) is 0 Å². The number of hydrogen-bond donors (Lipinski definition) is 1. The first-order valence-electron chi connectivity index (χ1n) is 9.74. The van der Waals surface area contributed by atoms with Gasteiger partial charge in [0.2, 0.25) is 0 Å². The average Bonchev–Trinajstić information content (AvgIpc) is 3.23. The smallest absolute Gasteiger partial charge is 0.339 e. The van der Waals surface area contributed by atoms with Gasteiger partial charge in [0.05, 0.1) is 12.1 Å². The van der Waals surface area contributed by atoms with Crippen molar-refractivity contribution in [2.24, 2.45) is 0 Å². The van der Waals surface area contributed by atoms with Crippen LogP contribution in [0.25, 0.3) is 0 Å². The Bertz CT molecular complexity index is 969. The van der Waals surface area contributed by atoms with E-state index in [0.29, 0.717) is 12.1 Å². The van der Waals surface area contributed by atoms with E-state index in [9.17, 15) is 9.18 Å². The normalized spacial score (nSPS) is 21.6. The van der Waals surface area contributed by atoms with Crippen LogP contribution < -0.4 is 5.32 Å². The first kappa shape index (κ1) is 18.5. The molecule has 146 valence electrons. The van der Waals surface area contributed by atoms with Crippen molar-refractivity contribution in [1.82, 2.24) is 4.90 Å². The molecule has 2 aliphatic rings. The summed E-state index contributed by atoms with van der Waals surface area (Å²) in [5.74, 6) is 0.530. The predicted octanol–water partition coefficient (Wildman–Crippen LogP) is 4.96. The van der Waals surface area contributed by atoms with Gasteiger partial charge >= 0.3 is 5.97 Å². The fourth-order valence-electron chi connectivity index (χ4n) is 4.14. The van der Waals surface area contributed by atoms with Crippen LogP contribution in [0.15, 0.2) is 53.9 Å². The molecule has 1 saturated heterocycles. The van der Waals surface area contributed by atoms with Crippen molar-refractivity contribution in [2.75, 3.05) is 18.4 Å². The third-order valence-corrected chi connectivity index (χ3v) is 5.85. The van der Waals surface area contributed by atoms with Crippen LogP contribution >= 0.6 is 0 Å². The third-order valence-electron chi connectivity index (χ3n) is 5.85. The molecule has 1 unspecified atom stereocenters. The molecule has 4 rings (SSSR count). The van der Waals surface area contributed by atoms with Crippen LogP contribution in [0.4, 0.5) is 10.1 Å². The zero-order valence-electron chi connectivity index (χ0n) is 16.5. The molecule has 0 bridgehead atoms. The molecule has 0 amide bonds. The molecular weight excluding hydrogens is 355 g/mol. The van der Waals surface area contributed by atoms with Gasteiger partial charge in [-0.15, -0.1) is 0 Å². The second-order valence-electron chi connectivity index (χ2n) is 7.67. The molecule has 1 fully saturated rings. The number of fused-ring (bicyclic) bond motifs is 2. The predicted molar refractivity (Wildman–Crippen MR) is 107 cm³/mol. The second kappa shape index (κ2) is 6.97. The molecule has 5 heteroatoms. The zero-order valence-corrected chi connectivity index (χ0v) is 16.5. The summed E-state index contributed by atoms with van der Waals surface area (Å²) >= 11 is 0. The fourth-order valence-corrected chi connectivity index (χ4v) is 4.14. The number of allylic oxidation sites excluding steroid dienone is 1. The Morgan fingerprint density at radius 1 is 1.29 bits per heavy atom. The summed E-state index contributed by atoms with van der Waals surface area (Å²) in [4.78, 5) is 14.6. The molecule has 0 aromatic heterocycles. The highest BCUT2D eigenvalue weighted by Gasteiger charge is 2.50. The van der Waals surface area contributed by atoms with Gasteiger partial charge in [0.25, 0.3) is 0 Å². The van der Waals surface area contributed by atoms with Gasteiger partial charge in [-0.1, -0.05) is 25.1 Å². The first-order valence-corrected chi connectivity index (χ1v) is 9.74. The van der Waals surface area contributed by atoms with Crippen LogP contribution in [0, 0.1) is 12.7 Å². The lowest BCUT2D eigenvalue weighted by Gasteiger charge is -2.29. The molecule has 0 aliphatic carbocycles. The number of ether oxygens (including phenoxy) is 1. The maximum Gasteiger partial charge on any atom is 0.339 e. The minimum absolute atomic E-state index is 0.238. The Hall–Kier alpha value is -2.82. The van der Waals surface area contributed by atoms with Gasteiger partial charge in [-0.25, -0.2) is 9.18 Å². The van der Waals surface area contributed by atoms with Gasteiger partial charge in [-0.3, -0.25) is 0 Å². The lowest BCUT2D eigenvalue weighted by molar-refractivity contribution is -0.00199. The number of hydrogen-bond acceptors (Lipinski definition) is 4.